The number of pyridine rings is 1. The number of nitrogens with one attached hydrogen (secondary N) is 2. The van der Waals surface area contributed by atoms with Gasteiger partial charge >= 0.3 is 0 Å². The number of aliphatic hydroxyl groups excluding tert-OH is 2. The molecule has 4 aromatic rings. The number of halogens is 2. The summed E-state index contributed by atoms with van der Waals surface area (Å²) in [5.74, 6) is 0.773. The van der Waals surface area contributed by atoms with Crippen LogP contribution < -0.4 is 10.6 Å². The number of aliphatic hydroxyl groups is 2. The number of nitrogens with zero attached hydrogens (tertiary/aromatic N) is 6. The van der Waals surface area contributed by atoms with Crippen LogP contribution in [-0.2, 0) is 11.3 Å². The van der Waals surface area contributed by atoms with Gasteiger partial charge in [-0.1, -0.05) is 40.9 Å². The van der Waals surface area contributed by atoms with Crippen molar-refractivity contribution in [2.24, 2.45) is 0 Å². The number of likely N-dealkylation sites (tertiary alicyclic amines) is 1. The molecule has 192 valence electrons. The average Bonchev–Trinajstić information content (AvgIpc) is 3.38. The molecule has 3 aromatic heterocycles. The van der Waals surface area contributed by atoms with Crippen molar-refractivity contribution in [1.29, 1.82) is 0 Å². The summed E-state index contributed by atoms with van der Waals surface area (Å²) in [6.07, 6.45) is 1.09. The summed E-state index contributed by atoms with van der Waals surface area (Å²) >= 11 is 12.6. The number of hydrogen-bond acceptors (Lipinski definition) is 9. The predicted octanol–water partition coefficient (Wildman–Crippen LogP) is 2.35. The lowest BCUT2D eigenvalue weighted by Gasteiger charge is -2.26. The smallest absolute Gasteiger partial charge is 0.208 e. The third-order valence-electron chi connectivity index (χ3n) is 6.39. The van der Waals surface area contributed by atoms with Crippen molar-refractivity contribution in [2.75, 3.05) is 12.4 Å². The van der Waals surface area contributed by atoms with Gasteiger partial charge in [-0.25, -0.2) is 15.0 Å². The lowest BCUT2D eigenvalue weighted by atomic mass is 10.1. The molecule has 1 aromatic carbocycles. The molecule has 4 N–H and O–H groups in total. The molecule has 5 rings (SSSR count). The fourth-order valence-electron chi connectivity index (χ4n) is 4.57. The van der Waals surface area contributed by atoms with Crippen molar-refractivity contribution >= 4 is 46.6 Å². The molecule has 0 aliphatic carbocycles. The molecular formula is C24H24Cl2N8O3. The molecule has 4 atom stereocenters. The standard InChI is InChI=1S/C24H24Cl2N8O3/c1-12-3-4-16(26)13(5-12)8-28-21-17-22(32-20(31-21)14-6-15(25)9-27-7-14)34(10-29-17)24-19(37)18(36)23(30-11-35)33(24)2/h3-7,9-11,18-19,23-24,36-37H,8H2,1-2H3,(H,30,35)(H,28,31,32)/t18-,19+,23-,24-/m0/s1. The SMILES string of the molecule is Cc1ccc(Cl)c(CNc2nc(-c3cncc(Cl)c3)nc3c2ncn3[C@H]2[C@H](O)[C@H](O)[C@@H](NC=O)N2C)c1. The molecule has 1 aliphatic heterocycles. The zero-order valence-corrected chi connectivity index (χ0v) is 21.4. The summed E-state index contributed by atoms with van der Waals surface area (Å²) in [5, 5.41) is 28.3. The number of amides is 1. The summed E-state index contributed by atoms with van der Waals surface area (Å²) in [5.41, 5.74) is 3.39. The van der Waals surface area contributed by atoms with Gasteiger partial charge in [-0.2, -0.15) is 0 Å². The zero-order valence-electron chi connectivity index (χ0n) is 19.9. The van der Waals surface area contributed by atoms with Gasteiger partial charge in [0.15, 0.2) is 22.8 Å². The normalized spacial score (nSPS) is 21.9. The molecule has 4 heterocycles. The summed E-state index contributed by atoms with van der Waals surface area (Å²) in [4.78, 5) is 30.8. The highest BCUT2D eigenvalue weighted by Crippen LogP contribution is 2.34. The van der Waals surface area contributed by atoms with E-state index >= 15 is 0 Å². The molecule has 0 saturated carbocycles. The third kappa shape index (κ3) is 4.72. The lowest BCUT2D eigenvalue weighted by molar-refractivity contribution is -0.112. The monoisotopic (exact) mass is 542 g/mol. The quantitative estimate of drug-likeness (QED) is 0.259. The second-order valence-corrected chi connectivity index (χ2v) is 9.69. The molecule has 1 saturated heterocycles. The first-order valence-electron chi connectivity index (χ1n) is 11.4. The summed E-state index contributed by atoms with van der Waals surface area (Å²) in [6, 6.07) is 7.46. The van der Waals surface area contributed by atoms with Crippen molar-refractivity contribution in [3.8, 4) is 11.4 Å². The second kappa shape index (κ2) is 10.2. The minimum Gasteiger partial charge on any atom is -0.387 e. The number of carbonyl (C=O) groups excluding carboxylic acids is 1. The summed E-state index contributed by atoms with van der Waals surface area (Å²) in [6.45, 7) is 2.36. The van der Waals surface area contributed by atoms with Crippen LogP contribution >= 0.6 is 23.2 Å². The van der Waals surface area contributed by atoms with Gasteiger partial charge in [0, 0.05) is 29.5 Å². The van der Waals surface area contributed by atoms with E-state index in [2.05, 4.69) is 20.6 Å². The van der Waals surface area contributed by atoms with Gasteiger partial charge in [0.05, 0.1) is 11.3 Å². The Bertz CT molecular complexity index is 1470. The molecule has 13 heteroatoms. The topological polar surface area (TPSA) is 141 Å². The van der Waals surface area contributed by atoms with Crippen molar-refractivity contribution in [3.05, 3.63) is 64.2 Å². The number of rotatable bonds is 7. The molecule has 0 spiro atoms. The average molecular weight is 543 g/mol. The van der Waals surface area contributed by atoms with Crippen molar-refractivity contribution < 1.29 is 15.0 Å². The van der Waals surface area contributed by atoms with Crippen LogP contribution in [0.1, 0.15) is 17.3 Å². The largest absolute Gasteiger partial charge is 0.387 e. The van der Waals surface area contributed by atoms with Crippen LogP contribution in [0.4, 0.5) is 5.82 Å². The molecule has 37 heavy (non-hydrogen) atoms. The first-order valence-corrected chi connectivity index (χ1v) is 12.2. The minimum atomic E-state index is -1.23. The summed E-state index contributed by atoms with van der Waals surface area (Å²) in [7, 11) is 1.68. The highest BCUT2D eigenvalue weighted by molar-refractivity contribution is 6.31. The fourth-order valence-corrected chi connectivity index (χ4v) is 4.93. The highest BCUT2D eigenvalue weighted by Gasteiger charge is 2.47. The Morgan fingerprint density at radius 3 is 2.70 bits per heavy atom. The Morgan fingerprint density at radius 1 is 1.14 bits per heavy atom. The van der Waals surface area contributed by atoms with Crippen LogP contribution in [0.15, 0.2) is 43.0 Å². The molecule has 1 amide bonds. The summed E-state index contributed by atoms with van der Waals surface area (Å²) < 4.78 is 1.64. The number of aryl methyl sites for hydroxylation is 1. The number of carbonyl (C=O) groups is 1. The second-order valence-electron chi connectivity index (χ2n) is 8.85. The molecule has 11 nitrogen and oxygen atoms in total. The van der Waals surface area contributed by atoms with Crippen molar-refractivity contribution in [3.63, 3.8) is 0 Å². The van der Waals surface area contributed by atoms with E-state index in [-0.39, 0.29) is 0 Å². The molecule has 1 fully saturated rings. The number of anilines is 1. The van der Waals surface area contributed by atoms with Crippen LogP contribution in [0.25, 0.3) is 22.6 Å². The molecule has 0 bridgehead atoms. The number of aromatic nitrogens is 5. The number of benzene rings is 1. The Labute approximate surface area is 222 Å². The van der Waals surface area contributed by atoms with Crippen LogP contribution in [0.2, 0.25) is 10.0 Å². The molecule has 1 aliphatic rings. The number of fused-ring (bicyclic) bond motifs is 1. The van der Waals surface area contributed by atoms with E-state index < -0.39 is 24.5 Å². The fraction of sp³-hybridized carbons (Fsp3) is 0.292. The maximum absolute atomic E-state index is 11.1. The first-order chi connectivity index (χ1) is 17.8. The van der Waals surface area contributed by atoms with Gasteiger partial charge in [-0.05, 0) is 31.7 Å². The Balaban J connectivity index is 1.61. The number of likely N-dealkylation sites (N-methyl/N-ethyl adjacent to an activating group) is 1. The van der Waals surface area contributed by atoms with E-state index in [0.717, 1.165) is 11.1 Å². The van der Waals surface area contributed by atoms with E-state index in [1.54, 1.807) is 28.8 Å². The molecule has 0 radical (unpaired) electrons. The van der Waals surface area contributed by atoms with Crippen LogP contribution in [0.5, 0.6) is 0 Å². The Morgan fingerprint density at radius 2 is 1.95 bits per heavy atom. The Kier molecular flexibility index (Phi) is 6.97. The van der Waals surface area contributed by atoms with Gasteiger partial charge in [0.25, 0.3) is 0 Å². The van der Waals surface area contributed by atoms with Gasteiger partial charge < -0.3 is 20.8 Å². The van der Waals surface area contributed by atoms with Crippen LogP contribution in [0.3, 0.4) is 0 Å². The van der Waals surface area contributed by atoms with E-state index in [4.69, 9.17) is 33.2 Å². The molecular weight excluding hydrogens is 519 g/mol. The van der Waals surface area contributed by atoms with Crippen molar-refractivity contribution in [2.45, 2.75) is 38.0 Å². The van der Waals surface area contributed by atoms with Crippen molar-refractivity contribution in [1.82, 2.24) is 34.7 Å². The van der Waals surface area contributed by atoms with Crippen LogP contribution in [0, 0.1) is 6.92 Å². The van der Waals surface area contributed by atoms with E-state index in [9.17, 15) is 15.0 Å². The third-order valence-corrected chi connectivity index (χ3v) is 6.97. The minimum absolute atomic E-state index is 0.334. The van der Waals surface area contributed by atoms with E-state index in [0.29, 0.717) is 51.4 Å². The lowest BCUT2D eigenvalue weighted by Crippen LogP contribution is -2.45. The number of imidazole rings is 1. The predicted molar refractivity (Wildman–Crippen MR) is 139 cm³/mol. The van der Waals surface area contributed by atoms with Gasteiger partial charge in [0.1, 0.15) is 24.5 Å². The number of hydrogen-bond donors (Lipinski definition) is 4. The maximum Gasteiger partial charge on any atom is 0.208 e. The van der Waals surface area contributed by atoms with E-state index in [1.807, 2.05) is 25.1 Å². The Hall–Kier alpha value is -3.35. The van der Waals surface area contributed by atoms with Crippen LogP contribution in [-0.4, -0.2) is 71.4 Å². The van der Waals surface area contributed by atoms with Gasteiger partial charge in [-0.3, -0.25) is 19.2 Å². The van der Waals surface area contributed by atoms with E-state index in [1.165, 1.54) is 12.5 Å². The molecule has 0 unspecified atom stereocenters. The van der Waals surface area contributed by atoms with Gasteiger partial charge in [0.2, 0.25) is 6.41 Å². The first kappa shape index (κ1) is 25.3. The van der Waals surface area contributed by atoms with Gasteiger partial charge in [-0.15, -0.1) is 0 Å². The highest BCUT2D eigenvalue weighted by atomic mass is 35.5. The zero-order chi connectivity index (χ0) is 26.3. The maximum atomic E-state index is 11.1.